The Morgan fingerprint density at radius 2 is 1.82 bits per heavy atom. The smallest absolute Gasteiger partial charge is 0.337 e. The number of aliphatic hydroxyl groups is 1. The lowest BCUT2D eigenvalue weighted by Gasteiger charge is -2.40. The maximum absolute atomic E-state index is 13.3. The highest BCUT2D eigenvalue weighted by Gasteiger charge is 2.42. The minimum absolute atomic E-state index is 0.0438. The Morgan fingerprint density at radius 3 is 2.41 bits per heavy atom. The zero-order chi connectivity index (χ0) is 28.1. The van der Waals surface area contributed by atoms with Crippen LogP contribution in [0.3, 0.4) is 0 Å². The topological polar surface area (TPSA) is 135 Å². The highest BCUT2D eigenvalue weighted by Crippen LogP contribution is 2.36. The van der Waals surface area contributed by atoms with Gasteiger partial charge in [-0.2, -0.15) is 4.31 Å². The van der Waals surface area contributed by atoms with Gasteiger partial charge in [0, 0.05) is 57.5 Å². The molecule has 1 amide bonds. The van der Waals surface area contributed by atoms with E-state index in [-0.39, 0.29) is 41.4 Å². The molecule has 2 aliphatic heterocycles. The number of carbonyl (C=O) groups is 1. The summed E-state index contributed by atoms with van der Waals surface area (Å²) in [7, 11) is -0.646. The van der Waals surface area contributed by atoms with Crippen molar-refractivity contribution in [1.29, 1.82) is 0 Å². The van der Waals surface area contributed by atoms with Crippen LogP contribution in [-0.2, 0) is 17.1 Å². The maximum atomic E-state index is 13.3. The molecule has 5 rings (SSSR count). The first-order valence-electron chi connectivity index (χ1n) is 13.4. The van der Waals surface area contributed by atoms with Gasteiger partial charge in [-0.25, -0.2) is 27.6 Å². The minimum Gasteiger partial charge on any atom is -0.390 e. The molecule has 1 aromatic carbocycles. The van der Waals surface area contributed by atoms with Crippen molar-refractivity contribution >= 4 is 27.1 Å². The largest absolute Gasteiger partial charge is 0.390 e. The van der Waals surface area contributed by atoms with Crippen LogP contribution < -0.4 is 11.0 Å². The van der Waals surface area contributed by atoms with E-state index < -0.39 is 22.2 Å². The summed E-state index contributed by atoms with van der Waals surface area (Å²) >= 11 is 0. The Hall–Kier alpha value is -3.00. The Balaban J connectivity index is 1.22. The molecule has 0 spiro atoms. The molecule has 13 heteroatoms. The molecule has 2 aliphatic rings. The molecule has 0 saturated carbocycles. The van der Waals surface area contributed by atoms with Gasteiger partial charge in [-0.1, -0.05) is 12.1 Å². The second-order valence-electron chi connectivity index (χ2n) is 11.1. The quantitative estimate of drug-likeness (QED) is 0.425. The predicted molar refractivity (Wildman–Crippen MR) is 146 cm³/mol. The van der Waals surface area contributed by atoms with E-state index in [1.807, 2.05) is 32.0 Å². The molecular weight excluding hydrogens is 522 g/mol. The average molecular weight is 560 g/mol. The maximum Gasteiger partial charge on any atom is 0.337 e. The van der Waals surface area contributed by atoms with Crippen molar-refractivity contribution in [3.63, 3.8) is 0 Å². The van der Waals surface area contributed by atoms with Crippen LogP contribution in [0, 0.1) is 0 Å². The number of nitrogens with one attached hydrogen (secondary N) is 1. The monoisotopic (exact) mass is 559 g/mol. The van der Waals surface area contributed by atoms with Crippen molar-refractivity contribution in [2.24, 2.45) is 7.05 Å². The molecule has 39 heavy (non-hydrogen) atoms. The summed E-state index contributed by atoms with van der Waals surface area (Å²) in [4.78, 5) is 32.7. The van der Waals surface area contributed by atoms with Gasteiger partial charge in [0.25, 0.3) is 10.0 Å². The number of aliphatic hydroxyl groups excluding tert-OH is 1. The lowest BCUT2D eigenvalue weighted by molar-refractivity contribution is 0.0472. The zero-order valence-corrected chi connectivity index (χ0v) is 23.6. The van der Waals surface area contributed by atoms with E-state index in [0.717, 1.165) is 22.7 Å². The summed E-state index contributed by atoms with van der Waals surface area (Å²) in [6.07, 6.45) is 5.28. The summed E-state index contributed by atoms with van der Waals surface area (Å²) < 4.78 is 31.1. The van der Waals surface area contributed by atoms with E-state index in [1.165, 1.54) is 24.1 Å². The number of benzene rings is 1. The number of sulfonamides is 1. The number of fused-ring (bicyclic) bond motifs is 3. The number of carbonyl (C=O) groups excluding carboxylic acids is 1. The molecule has 2 bridgehead atoms. The number of hydrogen-bond acceptors (Lipinski definition) is 7. The fourth-order valence-corrected chi connectivity index (χ4v) is 7.34. The third-order valence-corrected chi connectivity index (χ3v) is 9.67. The van der Waals surface area contributed by atoms with E-state index in [4.69, 9.17) is 0 Å². The van der Waals surface area contributed by atoms with Gasteiger partial charge in [-0.3, -0.25) is 9.47 Å². The lowest BCUT2D eigenvalue weighted by atomic mass is 9.97. The Bertz CT molecular complexity index is 1510. The van der Waals surface area contributed by atoms with E-state index >= 15 is 0 Å². The van der Waals surface area contributed by atoms with Gasteiger partial charge in [0.05, 0.1) is 23.5 Å². The number of amides is 1. The fraction of sp³-hybridized carbons (Fsp3) is 0.577. The van der Waals surface area contributed by atoms with Crippen molar-refractivity contribution in [3.05, 3.63) is 47.3 Å². The number of hydrogen-bond donors (Lipinski definition) is 2. The van der Waals surface area contributed by atoms with E-state index in [1.54, 1.807) is 22.2 Å². The lowest BCUT2D eigenvalue weighted by Crippen LogP contribution is -2.54. The molecule has 0 radical (unpaired) electrons. The first-order chi connectivity index (χ1) is 18.5. The Morgan fingerprint density at radius 1 is 1.18 bits per heavy atom. The third-order valence-electron chi connectivity index (χ3n) is 7.96. The summed E-state index contributed by atoms with van der Waals surface area (Å²) in [5.41, 5.74) is 0.963. The van der Waals surface area contributed by atoms with Gasteiger partial charge in [0.15, 0.2) is 5.03 Å². The molecule has 212 valence electrons. The average Bonchev–Trinajstić information content (AvgIpc) is 3.50. The van der Waals surface area contributed by atoms with Crippen LogP contribution >= 0.6 is 0 Å². The van der Waals surface area contributed by atoms with Crippen molar-refractivity contribution in [2.75, 3.05) is 20.1 Å². The van der Waals surface area contributed by atoms with Gasteiger partial charge in [-0.15, -0.1) is 0 Å². The van der Waals surface area contributed by atoms with Crippen molar-refractivity contribution in [2.45, 2.75) is 74.8 Å². The van der Waals surface area contributed by atoms with E-state index in [9.17, 15) is 23.1 Å². The SMILES string of the molecule is CC(C)n1c(=O)n(C(=O)NC2C[C@H]3CC[C@@H](C2)N3CC(O)CN(C)S(=O)(=O)c2cn(C)cn2)c2ccccc21. The van der Waals surface area contributed by atoms with Crippen molar-refractivity contribution in [1.82, 2.24) is 33.2 Å². The molecule has 2 N–H and O–H groups in total. The van der Waals surface area contributed by atoms with E-state index in [0.29, 0.717) is 24.9 Å². The number of piperidine rings is 1. The second-order valence-corrected chi connectivity index (χ2v) is 13.1. The molecule has 0 aliphatic carbocycles. The Kier molecular flexibility index (Phi) is 7.44. The van der Waals surface area contributed by atoms with Crippen LogP contribution in [0.15, 0.2) is 46.6 Å². The van der Waals surface area contributed by atoms with Crippen LogP contribution in [0.2, 0.25) is 0 Å². The minimum atomic E-state index is -3.79. The first-order valence-corrected chi connectivity index (χ1v) is 14.8. The fourth-order valence-electron chi connectivity index (χ4n) is 6.17. The van der Waals surface area contributed by atoms with Gasteiger partial charge < -0.3 is 15.0 Å². The van der Waals surface area contributed by atoms with E-state index in [2.05, 4.69) is 15.2 Å². The van der Waals surface area contributed by atoms with Gasteiger partial charge in [0.1, 0.15) is 0 Å². The number of rotatable bonds is 8. The van der Waals surface area contributed by atoms with Gasteiger partial charge >= 0.3 is 11.7 Å². The van der Waals surface area contributed by atoms with Crippen molar-refractivity contribution in [3.8, 4) is 0 Å². The number of aryl methyl sites for hydroxylation is 1. The summed E-state index contributed by atoms with van der Waals surface area (Å²) in [5, 5.41) is 13.8. The first kappa shape index (κ1) is 27.6. The molecule has 2 unspecified atom stereocenters. The molecule has 4 atom stereocenters. The number of imidazole rings is 2. The van der Waals surface area contributed by atoms with Crippen LogP contribution in [0.5, 0.6) is 0 Å². The number of likely N-dealkylation sites (N-methyl/N-ethyl adjacent to an activating group) is 1. The van der Waals surface area contributed by atoms with Gasteiger partial charge in [-0.05, 0) is 51.7 Å². The number of para-hydroxylation sites is 2. The van der Waals surface area contributed by atoms with Crippen LogP contribution in [0.25, 0.3) is 11.0 Å². The molecule has 2 saturated heterocycles. The van der Waals surface area contributed by atoms with Gasteiger partial charge in [0.2, 0.25) is 0 Å². The summed E-state index contributed by atoms with van der Waals surface area (Å²) in [5.74, 6) is 0. The normalized spacial score (nSPS) is 22.7. The molecule has 2 fully saturated rings. The number of nitrogens with zero attached hydrogens (tertiary/aromatic N) is 6. The molecule has 3 aromatic rings. The summed E-state index contributed by atoms with van der Waals surface area (Å²) in [6, 6.07) is 7.04. The number of aromatic nitrogens is 4. The van der Waals surface area contributed by atoms with Crippen molar-refractivity contribution < 1.29 is 18.3 Å². The molecule has 4 heterocycles. The highest BCUT2D eigenvalue weighted by atomic mass is 32.2. The predicted octanol–water partition coefficient (Wildman–Crippen LogP) is 1.35. The second kappa shape index (κ2) is 10.5. The van der Waals surface area contributed by atoms with Crippen LogP contribution in [0.1, 0.15) is 45.6 Å². The third kappa shape index (κ3) is 5.15. The van der Waals surface area contributed by atoms with Crippen LogP contribution in [-0.4, -0.2) is 91.8 Å². The zero-order valence-electron chi connectivity index (χ0n) is 22.8. The molecule has 12 nitrogen and oxygen atoms in total. The Labute approximate surface area is 227 Å². The summed E-state index contributed by atoms with van der Waals surface area (Å²) in [6.45, 7) is 4.14. The van der Waals surface area contributed by atoms with Crippen LogP contribution in [0.4, 0.5) is 4.79 Å². The highest BCUT2D eigenvalue weighted by molar-refractivity contribution is 7.89. The molecule has 2 aromatic heterocycles. The standard InChI is InChI=1S/C26H37N7O5S/c1-17(2)32-22-7-5-6-8-23(22)33(26(32)36)25(35)28-18-11-19-9-10-20(12-18)31(19)14-21(34)13-30(4)39(37,38)24-15-29(3)16-27-24/h5-8,15-21,34H,9-14H2,1-4H3,(H,28,35)/t18?,19-,20+,21?. The molecular formula is C26H37N7O5S.